The molecule has 2 N–H and O–H groups in total. The van der Waals surface area contributed by atoms with E-state index in [2.05, 4.69) is 21.7 Å². The van der Waals surface area contributed by atoms with Crippen molar-refractivity contribution in [3.05, 3.63) is 23.9 Å². The monoisotopic (exact) mass is 289 g/mol. The first-order valence-corrected chi connectivity index (χ1v) is 7.57. The normalized spacial score (nSPS) is 22.7. The SMILES string of the molecule is CC(C)(C)OC(=O)NC1CNc2ncccc2C2(CC2)C1. The standard InChI is InChI=1S/C16H23N3O2/c1-15(2,3)21-14(20)19-11-9-16(6-7-16)12-5-4-8-17-13(12)18-10-11/h4-5,8,11H,6-7,9-10H2,1-3H3,(H,17,18)(H,19,20). The zero-order valence-electron chi connectivity index (χ0n) is 12.9. The Bertz CT molecular complexity index is 547. The van der Waals surface area contributed by atoms with Crippen LogP contribution in [0.3, 0.4) is 0 Å². The molecule has 0 bridgehead atoms. The zero-order valence-corrected chi connectivity index (χ0v) is 12.9. The predicted molar refractivity (Wildman–Crippen MR) is 81.4 cm³/mol. The maximum atomic E-state index is 12.0. The van der Waals surface area contributed by atoms with E-state index in [-0.39, 0.29) is 17.6 Å². The Balaban J connectivity index is 1.70. The molecule has 1 saturated carbocycles. The second-order valence-corrected chi connectivity index (χ2v) is 7.11. The molecule has 1 amide bonds. The number of pyridine rings is 1. The fourth-order valence-corrected chi connectivity index (χ4v) is 3.05. The molecule has 0 radical (unpaired) electrons. The van der Waals surface area contributed by atoms with E-state index in [1.807, 2.05) is 33.0 Å². The highest BCUT2D eigenvalue weighted by Gasteiger charge is 2.48. The van der Waals surface area contributed by atoms with Crippen LogP contribution in [0.4, 0.5) is 10.6 Å². The van der Waals surface area contributed by atoms with Gasteiger partial charge in [-0.05, 0) is 46.1 Å². The Labute approximate surface area is 125 Å². The number of carbonyl (C=O) groups excluding carboxylic acids is 1. The fraction of sp³-hybridized carbons (Fsp3) is 0.625. The molecule has 5 heteroatoms. The fourth-order valence-electron chi connectivity index (χ4n) is 3.05. The molecule has 1 atom stereocenters. The van der Waals surface area contributed by atoms with Crippen LogP contribution in [0.5, 0.6) is 0 Å². The number of amides is 1. The summed E-state index contributed by atoms with van der Waals surface area (Å²) in [6.45, 7) is 6.31. The molecular formula is C16H23N3O2. The van der Waals surface area contributed by atoms with Gasteiger partial charge in [-0.3, -0.25) is 0 Å². The van der Waals surface area contributed by atoms with Gasteiger partial charge in [-0.25, -0.2) is 9.78 Å². The summed E-state index contributed by atoms with van der Waals surface area (Å²) in [7, 11) is 0. The van der Waals surface area contributed by atoms with Crippen molar-refractivity contribution in [2.45, 2.75) is 57.1 Å². The summed E-state index contributed by atoms with van der Waals surface area (Å²) in [5, 5.41) is 6.35. The number of anilines is 1. The Morgan fingerprint density at radius 3 is 2.90 bits per heavy atom. The first-order chi connectivity index (χ1) is 9.88. The van der Waals surface area contributed by atoms with Crippen molar-refractivity contribution in [2.75, 3.05) is 11.9 Å². The zero-order chi connectivity index (χ0) is 15.1. The van der Waals surface area contributed by atoms with E-state index in [0.717, 1.165) is 12.2 Å². The van der Waals surface area contributed by atoms with Crippen molar-refractivity contribution in [2.24, 2.45) is 0 Å². The number of aromatic nitrogens is 1. The van der Waals surface area contributed by atoms with Crippen LogP contribution in [0, 0.1) is 0 Å². The lowest BCUT2D eigenvalue weighted by molar-refractivity contribution is 0.0503. The summed E-state index contributed by atoms with van der Waals surface area (Å²) in [6, 6.07) is 4.21. The summed E-state index contributed by atoms with van der Waals surface area (Å²) in [4.78, 5) is 16.4. The highest BCUT2D eigenvalue weighted by molar-refractivity contribution is 5.68. The van der Waals surface area contributed by atoms with Crippen molar-refractivity contribution in [3.8, 4) is 0 Å². The third kappa shape index (κ3) is 3.12. The van der Waals surface area contributed by atoms with Gasteiger partial charge >= 0.3 is 6.09 Å². The number of nitrogens with one attached hydrogen (secondary N) is 2. The smallest absolute Gasteiger partial charge is 0.407 e. The maximum absolute atomic E-state index is 12.0. The molecule has 2 heterocycles. The number of ether oxygens (including phenoxy) is 1. The van der Waals surface area contributed by atoms with Crippen molar-refractivity contribution in [1.82, 2.24) is 10.3 Å². The highest BCUT2D eigenvalue weighted by atomic mass is 16.6. The number of rotatable bonds is 1. The summed E-state index contributed by atoms with van der Waals surface area (Å²) < 4.78 is 5.35. The number of hydrogen-bond acceptors (Lipinski definition) is 4. The molecule has 2 aliphatic rings. The van der Waals surface area contributed by atoms with Gasteiger partial charge < -0.3 is 15.4 Å². The van der Waals surface area contributed by atoms with E-state index in [0.29, 0.717) is 6.54 Å². The molecular weight excluding hydrogens is 266 g/mol. The topological polar surface area (TPSA) is 63.2 Å². The second kappa shape index (κ2) is 4.90. The van der Waals surface area contributed by atoms with Crippen LogP contribution in [-0.4, -0.2) is 29.3 Å². The Morgan fingerprint density at radius 2 is 2.24 bits per heavy atom. The summed E-state index contributed by atoms with van der Waals surface area (Å²) >= 11 is 0. The number of hydrogen-bond donors (Lipinski definition) is 2. The third-order valence-corrected chi connectivity index (χ3v) is 4.11. The van der Waals surface area contributed by atoms with Crippen molar-refractivity contribution < 1.29 is 9.53 Å². The number of fused-ring (bicyclic) bond motifs is 2. The van der Waals surface area contributed by atoms with Crippen LogP contribution in [0.25, 0.3) is 0 Å². The molecule has 1 aliphatic carbocycles. The van der Waals surface area contributed by atoms with Crippen LogP contribution in [0.2, 0.25) is 0 Å². The predicted octanol–water partition coefficient (Wildman–Crippen LogP) is 2.82. The highest BCUT2D eigenvalue weighted by Crippen LogP contribution is 2.54. The van der Waals surface area contributed by atoms with Gasteiger partial charge in [0.2, 0.25) is 0 Å². The first kappa shape index (κ1) is 14.2. The Kier molecular flexibility index (Phi) is 3.30. The van der Waals surface area contributed by atoms with Gasteiger partial charge in [-0.1, -0.05) is 6.07 Å². The van der Waals surface area contributed by atoms with Crippen molar-refractivity contribution in [3.63, 3.8) is 0 Å². The van der Waals surface area contributed by atoms with Gasteiger partial charge in [0.1, 0.15) is 11.4 Å². The molecule has 114 valence electrons. The van der Waals surface area contributed by atoms with Crippen molar-refractivity contribution >= 4 is 11.9 Å². The maximum Gasteiger partial charge on any atom is 0.407 e. The lowest BCUT2D eigenvalue weighted by Gasteiger charge is -2.24. The molecule has 3 rings (SSSR count). The minimum Gasteiger partial charge on any atom is -0.444 e. The van der Waals surface area contributed by atoms with Gasteiger partial charge in [0.25, 0.3) is 0 Å². The summed E-state index contributed by atoms with van der Waals surface area (Å²) in [5.74, 6) is 0.962. The molecule has 0 aromatic carbocycles. The lowest BCUT2D eigenvalue weighted by atomic mass is 9.90. The van der Waals surface area contributed by atoms with E-state index in [9.17, 15) is 4.79 Å². The van der Waals surface area contributed by atoms with Crippen LogP contribution in [-0.2, 0) is 10.2 Å². The summed E-state index contributed by atoms with van der Waals surface area (Å²) in [5.41, 5.74) is 1.01. The molecule has 21 heavy (non-hydrogen) atoms. The van der Waals surface area contributed by atoms with Crippen molar-refractivity contribution in [1.29, 1.82) is 0 Å². The van der Waals surface area contributed by atoms with E-state index in [1.165, 1.54) is 18.4 Å². The summed E-state index contributed by atoms with van der Waals surface area (Å²) in [6.07, 6.45) is 4.74. The quantitative estimate of drug-likeness (QED) is 0.834. The number of nitrogens with zero attached hydrogens (tertiary/aromatic N) is 1. The molecule has 1 aromatic rings. The Morgan fingerprint density at radius 1 is 1.48 bits per heavy atom. The Hall–Kier alpha value is -1.78. The number of carbonyl (C=O) groups is 1. The van der Waals surface area contributed by atoms with Crippen LogP contribution < -0.4 is 10.6 Å². The molecule has 0 saturated heterocycles. The lowest BCUT2D eigenvalue weighted by Crippen LogP contribution is -2.43. The molecule has 1 fully saturated rings. The number of alkyl carbamates (subject to hydrolysis) is 1. The van der Waals surface area contributed by atoms with Gasteiger partial charge in [0.05, 0.1) is 6.04 Å². The third-order valence-electron chi connectivity index (χ3n) is 4.11. The van der Waals surface area contributed by atoms with Crippen LogP contribution in [0.15, 0.2) is 18.3 Å². The van der Waals surface area contributed by atoms with Gasteiger partial charge in [-0.2, -0.15) is 0 Å². The minimum atomic E-state index is -0.468. The molecule has 1 spiro atoms. The molecule has 1 aliphatic heterocycles. The molecule has 1 unspecified atom stereocenters. The van der Waals surface area contributed by atoms with Crippen LogP contribution >= 0.6 is 0 Å². The second-order valence-electron chi connectivity index (χ2n) is 7.11. The van der Waals surface area contributed by atoms with E-state index in [4.69, 9.17) is 4.74 Å². The molecule has 5 nitrogen and oxygen atoms in total. The largest absolute Gasteiger partial charge is 0.444 e. The average molecular weight is 289 g/mol. The first-order valence-electron chi connectivity index (χ1n) is 7.57. The average Bonchev–Trinajstić information content (AvgIpc) is 3.16. The van der Waals surface area contributed by atoms with E-state index >= 15 is 0 Å². The van der Waals surface area contributed by atoms with Gasteiger partial charge in [0, 0.05) is 23.7 Å². The van der Waals surface area contributed by atoms with Crippen LogP contribution in [0.1, 0.15) is 45.6 Å². The van der Waals surface area contributed by atoms with E-state index < -0.39 is 5.60 Å². The van der Waals surface area contributed by atoms with Gasteiger partial charge in [0.15, 0.2) is 0 Å². The minimum absolute atomic E-state index is 0.0662. The van der Waals surface area contributed by atoms with Gasteiger partial charge in [-0.15, -0.1) is 0 Å². The van der Waals surface area contributed by atoms with E-state index in [1.54, 1.807) is 0 Å². The molecule has 1 aromatic heterocycles.